The molecule has 0 fully saturated rings. The molecule has 0 radical (unpaired) electrons. The van der Waals surface area contributed by atoms with E-state index in [-0.39, 0.29) is 12.5 Å². The number of nitrogens with zero attached hydrogens (tertiary/aromatic N) is 1. The third-order valence-electron chi connectivity index (χ3n) is 4.94. The van der Waals surface area contributed by atoms with E-state index in [4.69, 9.17) is 16.3 Å². The monoisotopic (exact) mass is 442 g/mol. The van der Waals surface area contributed by atoms with Gasteiger partial charge in [-0.2, -0.15) is 0 Å². The lowest BCUT2D eigenvalue weighted by Gasteiger charge is -2.21. The zero-order chi connectivity index (χ0) is 21.3. The van der Waals surface area contributed by atoms with Crippen LogP contribution in [-0.4, -0.2) is 37.0 Å². The van der Waals surface area contributed by atoms with E-state index < -0.39 is 18.0 Å². The SMILES string of the molecule is CC(OC(=O)CNC(=O)c1sc2ccccc2c1Cl)C(=O)N1CCc2ccccc21. The Morgan fingerprint density at radius 1 is 1.17 bits per heavy atom. The predicted molar refractivity (Wildman–Crippen MR) is 117 cm³/mol. The second kappa shape index (κ2) is 8.45. The zero-order valence-electron chi connectivity index (χ0n) is 16.2. The number of ether oxygens (including phenoxy) is 1. The van der Waals surface area contributed by atoms with Crippen LogP contribution in [0.15, 0.2) is 48.5 Å². The average molecular weight is 443 g/mol. The lowest BCUT2D eigenvalue weighted by atomic mass is 10.2. The maximum Gasteiger partial charge on any atom is 0.326 e. The number of thiophene rings is 1. The second-order valence-corrected chi connectivity index (χ2v) is 8.35. The highest BCUT2D eigenvalue weighted by atomic mass is 35.5. The fraction of sp³-hybridized carbons (Fsp3) is 0.227. The molecular weight excluding hydrogens is 424 g/mol. The van der Waals surface area contributed by atoms with Gasteiger partial charge in [-0.25, -0.2) is 0 Å². The van der Waals surface area contributed by atoms with Crippen LogP contribution in [0.25, 0.3) is 10.1 Å². The Morgan fingerprint density at radius 2 is 1.90 bits per heavy atom. The van der Waals surface area contributed by atoms with E-state index in [0.717, 1.165) is 27.8 Å². The van der Waals surface area contributed by atoms with Crippen LogP contribution in [0.5, 0.6) is 0 Å². The number of carbonyl (C=O) groups is 3. The van der Waals surface area contributed by atoms with E-state index in [1.807, 2.05) is 48.5 Å². The van der Waals surface area contributed by atoms with Gasteiger partial charge < -0.3 is 15.0 Å². The van der Waals surface area contributed by atoms with Gasteiger partial charge in [0.2, 0.25) is 0 Å². The number of hydrogen-bond donors (Lipinski definition) is 1. The van der Waals surface area contributed by atoms with Crippen molar-refractivity contribution in [2.45, 2.75) is 19.4 Å². The molecule has 154 valence electrons. The van der Waals surface area contributed by atoms with Crippen molar-refractivity contribution in [1.29, 1.82) is 0 Å². The average Bonchev–Trinajstić information content (AvgIpc) is 3.33. The Kier molecular flexibility index (Phi) is 5.74. The summed E-state index contributed by atoms with van der Waals surface area (Å²) in [5.74, 6) is -1.42. The van der Waals surface area contributed by atoms with Crippen molar-refractivity contribution in [1.82, 2.24) is 5.32 Å². The van der Waals surface area contributed by atoms with Crippen LogP contribution in [0.4, 0.5) is 5.69 Å². The van der Waals surface area contributed by atoms with Crippen molar-refractivity contribution in [3.63, 3.8) is 0 Å². The highest BCUT2D eigenvalue weighted by Gasteiger charge is 2.29. The standard InChI is InChI=1S/C22H19ClN2O4S/c1-13(22(28)25-11-10-14-6-2-4-8-16(14)25)29-18(26)12-24-21(27)20-19(23)15-7-3-5-9-17(15)30-20/h2-9,13H,10-12H2,1H3,(H,24,27). The number of anilines is 1. The summed E-state index contributed by atoms with van der Waals surface area (Å²) >= 11 is 7.55. The normalized spacial score (nSPS) is 13.7. The summed E-state index contributed by atoms with van der Waals surface area (Å²) in [4.78, 5) is 39.3. The second-order valence-electron chi connectivity index (χ2n) is 6.92. The zero-order valence-corrected chi connectivity index (χ0v) is 17.8. The van der Waals surface area contributed by atoms with Crippen molar-refractivity contribution in [2.75, 3.05) is 18.0 Å². The molecule has 0 aliphatic carbocycles. The topological polar surface area (TPSA) is 75.7 Å². The van der Waals surface area contributed by atoms with Gasteiger partial charge in [0.1, 0.15) is 11.4 Å². The molecule has 8 heteroatoms. The van der Waals surface area contributed by atoms with Gasteiger partial charge in [-0.1, -0.05) is 48.0 Å². The molecule has 1 aromatic heterocycles. The Bertz CT molecular complexity index is 1140. The van der Waals surface area contributed by atoms with E-state index in [9.17, 15) is 14.4 Å². The quantitative estimate of drug-likeness (QED) is 0.610. The van der Waals surface area contributed by atoms with Gasteiger partial charge in [0, 0.05) is 22.3 Å². The van der Waals surface area contributed by atoms with Gasteiger partial charge >= 0.3 is 5.97 Å². The lowest BCUT2D eigenvalue weighted by Crippen LogP contribution is -2.41. The highest BCUT2D eigenvalue weighted by molar-refractivity contribution is 7.21. The molecule has 0 saturated carbocycles. The number of benzene rings is 2. The Labute approximate surface area is 182 Å². The number of rotatable bonds is 5. The third kappa shape index (κ3) is 3.91. The molecule has 0 bridgehead atoms. The molecule has 6 nitrogen and oxygen atoms in total. The number of para-hydroxylation sites is 1. The van der Waals surface area contributed by atoms with Crippen LogP contribution < -0.4 is 10.2 Å². The van der Waals surface area contributed by atoms with E-state index in [0.29, 0.717) is 16.4 Å². The van der Waals surface area contributed by atoms with Gasteiger partial charge in [-0.15, -0.1) is 11.3 Å². The van der Waals surface area contributed by atoms with Crippen LogP contribution in [0, 0.1) is 0 Å². The molecule has 1 aliphatic rings. The van der Waals surface area contributed by atoms with Crippen molar-refractivity contribution < 1.29 is 19.1 Å². The summed E-state index contributed by atoms with van der Waals surface area (Å²) in [6.07, 6.45) is -0.178. The first-order valence-electron chi connectivity index (χ1n) is 9.49. The van der Waals surface area contributed by atoms with E-state index in [1.165, 1.54) is 18.3 Å². The lowest BCUT2D eigenvalue weighted by molar-refractivity contribution is -0.152. The maximum atomic E-state index is 12.7. The first-order chi connectivity index (χ1) is 14.5. The molecule has 3 aromatic rings. The van der Waals surface area contributed by atoms with Crippen LogP contribution in [0.3, 0.4) is 0 Å². The third-order valence-corrected chi connectivity index (χ3v) is 6.62. The summed E-state index contributed by atoms with van der Waals surface area (Å²) in [7, 11) is 0. The fourth-order valence-corrected chi connectivity index (χ4v) is 4.90. The first kappa shape index (κ1) is 20.4. The van der Waals surface area contributed by atoms with Crippen molar-refractivity contribution in [3.05, 3.63) is 64.0 Å². The van der Waals surface area contributed by atoms with E-state index in [2.05, 4.69) is 5.32 Å². The molecular formula is C22H19ClN2O4S. The largest absolute Gasteiger partial charge is 0.451 e. The minimum absolute atomic E-state index is 0.285. The van der Waals surface area contributed by atoms with E-state index >= 15 is 0 Å². The number of halogens is 1. The molecule has 30 heavy (non-hydrogen) atoms. The van der Waals surface area contributed by atoms with E-state index in [1.54, 1.807) is 4.90 Å². The number of esters is 1. The summed E-state index contributed by atoms with van der Waals surface area (Å²) in [6, 6.07) is 15.1. The molecule has 0 saturated heterocycles. The first-order valence-corrected chi connectivity index (χ1v) is 10.7. The smallest absolute Gasteiger partial charge is 0.326 e. The molecule has 0 spiro atoms. The Hall–Kier alpha value is -2.90. The Morgan fingerprint density at radius 3 is 2.70 bits per heavy atom. The van der Waals surface area contributed by atoms with Crippen LogP contribution in [0.2, 0.25) is 5.02 Å². The highest BCUT2D eigenvalue weighted by Crippen LogP contribution is 2.35. The molecule has 2 aromatic carbocycles. The van der Waals surface area contributed by atoms with Crippen molar-refractivity contribution in [2.24, 2.45) is 0 Å². The molecule has 1 aliphatic heterocycles. The summed E-state index contributed by atoms with van der Waals surface area (Å²) in [5.41, 5.74) is 1.94. The number of nitrogens with one attached hydrogen (secondary N) is 1. The van der Waals surface area contributed by atoms with Crippen LogP contribution in [-0.2, 0) is 20.7 Å². The van der Waals surface area contributed by atoms with Gasteiger partial charge in [0.25, 0.3) is 11.8 Å². The molecule has 1 N–H and O–H groups in total. The van der Waals surface area contributed by atoms with Gasteiger partial charge in [0.15, 0.2) is 6.10 Å². The summed E-state index contributed by atoms with van der Waals surface area (Å²) in [5, 5.41) is 3.67. The van der Waals surface area contributed by atoms with Gasteiger partial charge in [-0.3, -0.25) is 14.4 Å². The predicted octanol–water partition coefficient (Wildman–Crippen LogP) is 3.81. The minimum Gasteiger partial charge on any atom is -0.451 e. The number of carbonyl (C=O) groups excluding carboxylic acids is 3. The number of amides is 2. The number of hydrogen-bond acceptors (Lipinski definition) is 5. The van der Waals surface area contributed by atoms with Gasteiger partial charge in [0.05, 0.1) is 5.02 Å². The number of fused-ring (bicyclic) bond motifs is 2. The Balaban J connectivity index is 1.34. The fourth-order valence-electron chi connectivity index (χ4n) is 3.47. The van der Waals surface area contributed by atoms with Crippen LogP contribution >= 0.6 is 22.9 Å². The molecule has 2 amide bonds. The molecule has 1 unspecified atom stereocenters. The van der Waals surface area contributed by atoms with Crippen molar-refractivity contribution >= 4 is 56.5 Å². The summed E-state index contributed by atoms with van der Waals surface area (Å²) in [6.45, 7) is 1.74. The summed E-state index contributed by atoms with van der Waals surface area (Å²) < 4.78 is 6.13. The van der Waals surface area contributed by atoms with Gasteiger partial charge in [-0.05, 0) is 31.0 Å². The minimum atomic E-state index is -0.950. The maximum absolute atomic E-state index is 12.7. The van der Waals surface area contributed by atoms with Crippen molar-refractivity contribution in [3.8, 4) is 0 Å². The molecule has 4 rings (SSSR count). The molecule has 1 atom stereocenters. The molecule has 2 heterocycles. The van der Waals surface area contributed by atoms with Crippen LogP contribution in [0.1, 0.15) is 22.2 Å².